The molecule has 2 atom stereocenters. The minimum Gasteiger partial charge on any atom is -0.478 e. The third-order valence-corrected chi connectivity index (χ3v) is 9.69. The Morgan fingerprint density at radius 1 is 0.393 bits per heavy atom. The van der Waals surface area contributed by atoms with Gasteiger partial charge in [-0.1, -0.05) is 157 Å². The molecule has 0 spiro atoms. The van der Waals surface area contributed by atoms with Crippen molar-refractivity contribution >= 4 is 35.8 Å². The van der Waals surface area contributed by atoms with E-state index in [4.69, 9.17) is 20.4 Å². The quantitative estimate of drug-likeness (QED) is 0.0276. The summed E-state index contributed by atoms with van der Waals surface area (Å²) in [5, 5.41) is 53.6. The number of hydrogen-bond donors (Lipinski definition) is 6. The second-order valence-electron chi connectivity index (χ2n) is 14.5. The Kier molecular flexibility index (Phi) is 38.2. The minimum absolute atomic E-state index is 0.00421. The van der Waals surface area contributed by atoms with Gasteiger partial charge in [-0.15, -0.1) is 0 Å². The van der Waals surface area contributed by atoms with Crippen molar-refractivity contribution in [2.24, 2.45) is 11.8 Å². The van der Waals surface area contributed by atoms with Crippen LogP contribution in [0.4, 0.5) is 0 Å². The highest BCUT2D eigenvalue weighted by molar-refractivity contribution is 5.98. The van der Waals surface area contributed by atoms with Crippen LogP contribution in [-0.2, 0) is 28.8 Å². The summed E-state index contributed by atoms with van der Waals surface area (Å²) in [6, 6.07) is 0. The molecular weight excluding hydrogens is 720 g/mol. The zero-order chi connectivity index (χ0) is 43.3. The molecule has 0 aromatic heterocycles. The fraction of sp³-hybridized carbons (Fsp3) is 0.727. The van der Waals surface area contributed by atoms with Gasteiger partial charge in [0, 0.05) is 34.4 Å². The van der Waals surface area contributed by atoms with Gasteiger partial charge >= 0.3 is 35.8 Å². The van der Waals surface area contributed by atoms with Gasteiger partial charge in [0.1, 0.15) is 0 Å². The van der Waals surface area contributed by atoms with Crippen molar-refractivity contribution in [1.29, 1.82) is 0 Å². The normalized spacial score (nSPS) is 12.9. The van der Waals surface area contributed by atoms with E-state index in [9.17, 15) is 39.0 Å². The van der Waals surface area contributed by atoms with E-state index in [1.807, 2.05) is 13.8 Å². The maximum Gasteiger partial charge on any atom is 0.332 e. The Labute approximate surface area is 336 Å². The topological polar surface area (TPSA) is 224 Å². The molecule has 0 heterocycles. The first kappa shape index (κ1) is 56.4. The van der Waals surface area contributed by atoms with Crippen LogP contribution in [0.2, 0.25) is 0 Å². The van der Waals surface area contributed by atoms with E-state index in [1.54, 1.807) is 0 Å². The van der Waals surface area contributed by atoms with E-state index in [0.29, 0.717) is 25.7 Å². The summed E-state index contributed by atoms with van der Waals surface area (Å²) in [4.78, 5) is 65.5. The lowest BCUT2D eigenvalue weighted by atomic mass is 9.91. The molecule has 0 aliphatic heterocycles. The monoisotopic (exact) mass is 797 g/mol. The van der Waals surface area contributed by atoms with Crippen molar-refractivity contribution in [3.05, 3.63) is 34.4 Å². The maximum absolute atomic E-state index is 11.5. The molecule has 0 aromatic rings. The van der Waals surface area contributed by atoms with Crippen LogP contribution in [0.5, 0.6) is 0 Å². The van der Waals surface area contributed by atoms with Crippen LogP contribution in [-0.4, -0.2) is 66.5 Å². The third kappa shape index (κ3) is 33.4. The fourth-order valence-electron chi connectivity index (χ4n) is 6.16. The predicted molar refractivity (Wildman–Crippen MR) is 221 cm³/mol. The minimum atomic E-state index is -1.19. The molecule has 324 valence electrons. The van der Waals surface area contributed by atoms with E-state index in [-0.39, 0.29) is 34.1 Å². The van der Waals surface area contributed by atoms with Crippen molar-refractivity contribution in [2.45, 2.75) is 196 Å². The number of carboxylic acid groups (broad SMARTS) is 6. The van der Waals surface area contributed by atoms with Crippen LogP contribution in [0.1, 0.15) is 196 Å². The van der Waals surface area contributed by atoms with Crippen molar-refractivity contribution in [2.75, 3.05) is 0 Å². The molecule has 0 saturated heterocycles. The largest absolute Gasteiger partial charge is 0.478 e. The van der Waals surface area contributed by atoms with E-state index in [2.05, 4.69) is 27.7 Å². The molecule has 2 unspecified atom stereocenters. The van der Waals surface area contributed by atoms with Crippen molar-refractivity contribution in [1.82, 2.24) is 0 Å². The van der Waals surface area contributed by atoms with Gasteiger partial charge in [-0.25, -0.2) is 28.8 Å². The second kappa shape index (κ2) is 37.9. The zero-order valence-electron chi connectivity index (χ0n) is 35.4. The first-order valence-electron chi connectivity index (χ1n) is 21.1. The first-order valence-corrected chi connectivity index (χ1v) is 21.1. The summed E-state index contributed by atoms with van der Waals surface area (Å²) in [6.45, 7) is 12.5. The molecule has 0 aromatic carbocycles. The molecule has 0 fully saturated rings. The van der Waals surface area contributed by atoms with Crippen LogP contribution in [0.3, 0.4) is 0 Å². The second-order valence-corrected chi connectivity index (χ2v) is 14.5. The molecule has 6 N–H and O–H groups in total. The fourth-order valence-corrected chi connectivity index (χ4v) is 6.16. The molecule has 0 radical (unpaired) electrons. The molecule has 0 aliphatic rings. The molecule has 0 bridgehead atoms. The molecule has 0 rings (SSSR count). The summed E-state index contributed by atoms with van der Waals surface area (Å²) in [7, 11) is 0. The summed E-state index contributed by atoms with van der Waals surface area (Å²) in [6.07, 6.45) is 23.8. The first-order chi connectivity index (χ1) is 26.6. The van der Waals surface area contributed by atoms with Gasteiger partial charge in [0.25, 0.3) is 0 Å². The van der Waals surface area contributed by atoms with Crippen LogP contribution in [0.15, 0.2) is 34.4 Å². The Morgan fingerprint density at radius 3 is 0.911 bits per heavy atom. The summed E-state index contributed by atoms with van der Waals surface area (Å²) < 4.78 is 0. The molecular formula is C44H76O12. The van der Waals surface area contributed by atoms with Crippen LogP contribution in [0, 0.1) is 11.8 Å². The van der Waals surface area contributed by atoms with Gasteiger partial charge in [0.15, 0.2) is 0 Å². The number of carbonyl (C=O) groups is 6. The molecule has 56 heavy (non-hydrogen) atoms. The highest BCUT2D eigenvalue weighted by Gasteiger charge is 2.20. The van der Waals surface area contributed by atoms with Gasteiger partial charge in [-0.05, 0) is 50.4 Å². The standard InChI is InChI=1S/C20H36O4.2C12H20O4/c1-3-5-7-9-11-13-15-17(19(21)22)18(20(23)24)16-14-12-10-8-6-4-2;2*1-3-5-6-9(4-2)7-10(12(15)16)8-11(13)14/h3-16H2,1-2H3,(H,21,22)(H,23,24);2*8-9H,3-7H2,1-2H3,(H,13,14)(H,15,16). The Balaban J connectivity index is -0.000000778. The Morgan fingerprint density at radius 2 is 0.679 bits per heavy atom. The van der Waals surface area contributed by atoms with Crippen LogP contribution in [0.25, 0.3) is 0 Å². The molecule has 0 aliphatic carbocycles. The summed E-state index contributed by atoms with van der Waals surface area (Å²) in [5.74, 6) is -6.23. The van der Waals surface area contributed by atoms with Gasteiger partial charge in [-0.3, -0.25) is 0 Å². The van der Waals surface area contributed by atoms with E-state index < -0.39 is 35.8 Å². The number of carboxylic acids is 6. The van der Waals surface area contributed by atoms with Crippen LogP contribution >= 0.6 is 0 Å². The van der Waals surface area contributed by atoms with Gasteiger partial charge in [0.2, 0.25) is 0 Å². The lowest BCUT2D eigenvalue weighted by Crippen LogP contribution is -2.12. The smallest absolute Gasteiger partial charge is 0.332 e. The zero-order valence-corrected chi connectivity index (χ0v) is 35.4. The van der Waals surface area contributed by atoms with Gasteiger partial charge in [-0.2, -0.15) is 0 Å². The molecule has 12 nitrogen and oxygen atoms in total. The molecule has 0 saturated carbocycles. The molecule has 0 amide bonds. The Bertz CT molecular complexity index is 1120. The molecule has 12 heteroatoms. The number of hydrogen-bond acceptors (Lipinski definition) is 6. The maximum atomic E-state index is 11.5. The summed E-state index contributed by atoms with van der Waals surface area (Å²) in [5.41, 5.74) is 0.226. The number of aliphatic carboxylic acids is 6. The lowest BCUT2D eigenvalue weighted by molar-refractivity contribution is -0.136. The lowest BCUT2D eigenvalue weighted by Gasteiger charge is -2.14. The third-order valence-electron chi connectivity index (χ3n) is 9.69. The van der Waals surface area contributed by atoms with E-state index in [0.717, 1.165) is 102 Å². The highest BCUT2D eigenvalue weighted by Crippen LogP contribution is 2.23. The van der Waals surface area contributed by atoms with Crippen molar-refractivity contribution in [3.63, 3.8) is 0 Å². The Hall–Kier alpha value is -3.96. The summed E-state index contributed by atoms with van der Waals surface area (Å²) >= 11 is 0. The highest BCUT2D eigenvalue weighted by atomic mass is 16.4. The van der Waals surface area contributed by atoms with Crippen molar-refractivity contribution in [3.8, 4) is 0 Å². The number of unbranched alkanes of at least 4 members (excludes halogenated alkanes) is 12. The number of rotatable bonds is 32. The SMILES string of the molecule is CCCCC(CC)CC(=CC(=O)O)C(=O)O.CCCCC(CC)CC(=CC(=O)O)C(=O)O.CCCCCCCCC(C(=O)O)=C(CCCCCCCC)C(=O)O. The predicted octanol–water partition coefficient (Wildman–Crippen LogP) is 11.3. The van der Waals surface area contributed by atoms with E-state index >= 15 is 0 Å². The van der Waals surface area contributed by atoms with Gasteiger partial charge < -0.3 is 30.6 Å². The average Bonchev–Trinajstić information content (AvgIpc) is 3.13. The van der Waals surface area contributed by atoms with Crippen LogP contribution < -0.4 is 0 Å². The van der Waals surface area contributed by atoms with E-state index in [1.165, 1.54) is 38.5 Å². The average molecular weight is 797 g/mol. The van der Waals surface area contributed by atoms with Gasteiger partial charge in [0.05, 0.1) is 0 Å². The van der Waals surface area contributed by atoms with Crippen molar-refractivity contribution < 1.29 is 59.4 Å².